The molecule has 0 saturated carbocycles. The van der Waals surface area contributed by atoms with E-state index in [1.165, 1.54) is 18.5 Å². The fraction of sp³-hybridized carbons (Fsp3) is 0.375. The zero-order valence-electron chi connectivity index (χ0n) is 16.7. The second kappa shape index (κ2) is 7.91. The van der Waals surface area contributed by atoms with Gasteiger partial charge in [0, 0.05) is 43.8 Å². The number of hydrogen-bond acceptors (Lipinski definition) is 5. The Morgan fingerprint density at radius 3 is 2.17 bits per heavy atom. The normalized spacial score (nSPS) is 17.9. The van der Waals surface area contributed by atoms with E-state index >= 15 is 0 Å². The smallest absolute Gasteiger partial charge is 0.342 e. The molecule has 0 amide bonds. The van der Waals surface area contributed by atoms with E-state index in [0.717, 1.165) is 55.9 Å². The molecule has 2 aliphatic heterocycles. The van der Waals surface area contributed by atoms with Crippen LogP contribution in [0.3, 0.4) is 0 Å². The number of anilines is 2. The van der Waals surface area contributed by atoms with Gasteiger partial charge in [0.1, 0.15) is 5.58 Å². The van der Waals surface area contributed by atoms with Crippen molar-refractivity contribution in [1.82, 2.24) is 4.90 Å². The van der Waals surface area contributed by atoms with Crippen LogP contribution >= 0.6 is 0 Å². The van der Waals surface area contributed by atoms with Gasteiger partial charge >= 0.3 is 5.63 Å². The molecular weight excluding hydrogens is 362 g/mol. The zero-order valence-corrected chi connectivity index (χ0v) is 16.7. The number of fused-ring (bicyclic) bond motifs is 1. The van der Waals surface area contributed by atoms with Crippen LogP contribution in [-0.4, -0.2) is 44.2 Å². The Kier molecular flexibility index (Phi) is 4.98. The van der Waals surface area contributed by atoms with Crippen LogP contribution in [0.15, 0.2) is 63.8 Å². The first-order valence-corrected chi connectivity index (χ1v) is 10.6. The van der Waals surface area contributed by atoms with Gasteiger partial charge in [0.25, 0.3) is 0 Å². The van der Waals surface area contributed by atoms with Gasteiger partial charge in [-0.05, 0) is 50.2 Å². The van der Waals surface area contributed by atoms with Crippen LogP contribution in [0.5, 0.6) is 0 Å². The Morgan fingerprint density at radius 1 is 0.759 bits per heavy atom. The molecule has 2 saturated heterocycles. The molecule has 0 aliphatic carbocycles. The van der Waals surface area contributed by atoms with Gasteiger partial charge in [0.15, 0.2) is 0 Å². The van der Waals surface area contributed by atoms with Crippen molar-refractivity contribution in [2.75, 3.05) is 49.1 Å². The van der Waals surface area contributed by atoms with E-state index in [1.54, 1.807) is 0 Å². The summed E-state index contributed by atoms with van der Waals surface area (Å²) in [7, 11) is 0. The number of rotatable bonds is 4. The van der Waals surface area contributed by atoms with Crippen molar-refractivity contribution in [3.8, 4) is 0 Å². The van der Waals surface area contributed by atoms with E-state index in [1.807, 2.05) is 18.2 Å². The predicted octanol–water partition coefficient (Wildman–Crippen LogP) is 3.72. The SMILES string of the molecule is O=c1oc2ccccc2c(N2CCN(c3ccccc3)CC2)c1CN1CCCC1. The minimum absolute atomic E-state index is 0.184. The van der Waals surface area contributed by atoms with Crippen molar-refractivity contribution < 1.29 is 4.42 Å². The number of piperazine rings is 1. The maximum absolute atomic E-state index is 12.9. The van der Waals surface area contributed by atoms with Crippen molar-refractivity contribution in [1.29, 1.82) is 0 Å². The van der Waals surface area contributed by atoms with Gasteiger partial charge in [-0.25, -0.2) is 4.79 Å². The van der Waals surface area contributed by atoms with Gasteiger partial charge in [0.2, 0.25) is 0 Å². The van der Waals surface area contributed by atoms with E-state index < -0.39 is 0 Å². The first-order valence-electron chi connectivity index (χ1n) is 10.6. The summed E-state index contributed by atoms with van der Waals surface area (Å²) in [6.45, 7) is 6.50. The van der Waals surface area contributed by atoms with Crippen LogP contribution < -0.4 is 15.4 Å². The average molecular weight is 389 g/mol. The van der Waals surface area contributed by atoms with Gasteiger partial charge in [-0.15, -0.1) is 0 Å². The molecule has 29 heavy (non-hydrogen) atoms. The van der Waals surface area contributed by atoms with Crippen molar-refractivity contribution in [3.63, 3.8) is 0 Å². The molecule has 5 nitrogen and oxygen atoms in total. The molecular formula is C24H27N3O2. The van der Waals surface area contributed by atoms with E-state index in [2.05, 4.69) is 51.1 Å². The van der Waals surface area contributed by atoms with Crippen LogP contribution in [0.1, 0.15) is 18.4 Å². The third-order valence-corrected chi connectivity index (χ3v) is 6.17. The highest BCUT2D eigenvalue weighted by Crippen LogP contribution is 2.31. The molecule has 1 aromatic heterocycles. The molecule has 0 atom stereocenters. The van der Waals surface area contributed by atoms with Gasteiger partial charge < -0.3 is 14.2 Å². The Balaban J connectivity index is 1.49. The average Bonchev–Trinajstić information content (AvgIpc) is 3.28. The first kappa shape index (κ1) is 18.3. The quantitative estimate of drug-likeness (QED) is 0.636. The van der Waals surface area contributed by atoms with E-state index in [0.29, 0.717) is 12.1 Å². The van der Waals surface area contributed by atoms with E-state index in [4.69, 9.17) is 4.42 Å². The highest BCUT2D eigenvalue weighted by Gasteiger charge is 2.26. The molecule has 0 bridgehead atoms. The Hall–Kier alpha value is -2.79. The summed E-state index contributed by atoms with van der Waals surface area (Å²) in [6.07, 6.45) is 2.42. The molecule has 0 N–H and O–H groups in total. The lowest BCUT2D eigenvalue weighted by Gasteiger charge is -2.38. The number of nitrogens with zero attached hydrogens (tertiary/aromatic N) is 3. The summed E-state index contributed by atoms with van der Waals surface area (Å²) in [4.78, 5) is 20.1. The molecule has 5 heteroatoms. The largest absolute Gasteiger partial charge is 0.422 e. The Labute approximate surface area is 171 Å². The topological polar surface area (TPSA) is 39.9 Å². The maximum Gasteiger partial charge on any atom is 0.342 e. The third kappa shape index (κ3) is 3.62. The van der Waals surface area contributed by atoms with Crippen molar-refractivity contribution in [2.24, 2.45) is 0 Å². The van der Waals surface area contributed by atoms with Crippen molar-refractivity contribution in [3.05, 3.63) is 70.6 Å². The maximum atomic E-state index is 12.9. The summed E-state index contributed by atoms with van der Waals surface area (Å²) in [5.74, 6) is 0. The summed E-state index contributed by atoms with van der Waals surface area (Å²) in [5, 5.41) is 1.05. The number of para-hydroxylation sites is 2. The molecule has 0 radical (unpaired) electrons. The third-order valence-electron chi connectivity index (χ3n) is 6.17. The second-order valence-corrected chi connectivity index (χ2v) is 8.01. The number of benzene rings is 2. The fourth-order valence-corrected chi connectivity index (χ4v) is 4.66. The van der Waals surface area contributed by atoms with Gasteiger partial charge in [-0.3, -0.25) is 4.90 Å². The van der Waals surface area contributed by atoms with Crippen molar-refractivity contribution in [2.45, 2.75) is 19.4 Å². The minimum atomic E-state index is -0.184. The van der Waals surface area contributed by atoms with E-state index in [-0.39, 0.29) is 5.63 Å². The molecule has 3 heterocycles. The van der Waals surface area contributed by atoms with Crippen LogP contribution in [0.2, 0.25) is 0 Å². The second-order valence-electron chi connectivity index (χ2n) is 8.01. The lowest BCUT2D eigenvalue weighted by Crippen LogP contribution is -2.47. The van der Waals surface area contributed by atoms with Gasteiger partial charge in [-0.2, -0.15) is 0 Å². The first-order chi connectivity index (χ1) is 14.3. The summed E-state index contributed by atoms with van der Waals surface area (Å²) >= 11 is 0. The Morgan fingerprint density at radius 2 is 1.41 bits per heavy atom. The molecule has 2 fully saturated rings. The molecule has 3 aromatic rings. The van der Waals surface area contributed by atoms with Crippen LogP contribution in [-0.2, 0) is 6.54 Å². The van der Waals surface area contributed by atoms with Crippen molar-refractivity contribution >= 4 is 22.3 Å². The molecule has 2 aliphatic rings. The fourth-order valence-electron chi connectivity index (χ4n) is 4.66. The predicted molar refractivity (Wildman–Crippen MR) is 118 cm³/mol. The summed E-state index contributed by atoms with van der Waals surface area (Å²) < 4.78 is 5.71. The van der Waals surface area contributed by atoms with Crippen LogP contribution in [0, 0.1) is 0 Å². The molecule has 2 aromatic carbocycles. The lowest BCUT2D eigenvalue weighted by molar-refractivity contribution is 0.325. The van der Waals surface area contributed by atoms with Gasteiger partial charge in [0.05, 0.1) is 11.3 Å². The lowest BCUT2D eigenvalue weighted by atomic mass is 10.1. The molecule has 150 valence electrons. The summed E-state index contributed by atoms with van der Waals surface area (Å²) in [6, 6.07) is 18.5. The number of hydrogen-bond donors (Lipinski definition) is 0. The highest BCUT2D eigenvalue weighted by molar-refractivity contribution is 5.92. The number of likely N-dealkylation sites (tertiary alicyclic amines) is 1. The molecule has 0 unspecified atom stereocenters. The monoisotopic (exact) mass is 389 g/mol. The standard InChI is InChI=1S/C24H27N3O2/c28-24-21(18-25-12-6-7-13-25)23(20-10-4-5-11-22(20)29-24)27-16-14-26(15-17-27)19-8-2-1-3-9-19/h1-5,8-11H,6-7,12-18H2. The van der Waals surface area contributed by atoms with Crippen LogP contribution in [0.25, 0.3) is 11.0 Å². The summed E-state index contributed by atoms with van der Waals surface area (Å²) in [5.41, 5.74) is 3.66. The van der Waals surface area contributed by atoms with Gasteiger partial charge in [-0.1, -0.05) is 30.3 Å². The minimum Gasteiger partial charge on any atom is -0.422 e. The Bertz CT molecular complexity index is 1030. The zero-order chi connectivity index (χ0) is 19.6. The highest BCUT2D eigenvalue weighted by atomic mass is 16.4. The van der Waals surface area contributed by atoms with Crippen LogP contribution in [0.4, 0.5) is 11.4 Å². The van der Waals surface area contributed by atoms with E-state index in [9.17, 15) is 4.79 Å². The molecule has 5 rings (SSSR count). The molecule has 0 spiro atoms.